The Kier molecular flexibility index (Phi) is 7.03. The maximum absolute atomic E-state index is 12.9. The van der Waals surface area contributed by atoms with Gasteiger partial charge in [0.1, 0.15) is 17.8 Å². The van der Waals surface area contributed by atoms with Gasteiger partial charge in [0, 0.05) is 12.4 Å². The van der Waals surface area contributed by atoms with Crippen LogP contribution in [0.4, 0.5) is 0 Å². The summed E-state index contributed by atoms with van der Waals surface area (Å²) in [6.07, 6.45) is 4.07. The topological polar surface area (TPSA) is 183 Å². The number of hydrogen-bond donors (Lipinski definition) is 6. The predicted octanol–water partition coefficient (Wildman–Crippen LogP) is -0.155. The molecule has 0 saturated carbocycles. The normalized spacial score (nSPS) is 18.6. The number of carbonyl (C=O) groups excluding carboxylic acids is 1. The molecule has 1 saturated heterocycles. The number of aryl methyl sites for hydroxylation is 1. The summed E-state index contributed by atoms with van der Waals surface area (Å²) in [5.41, 5.74) is 12.1. The average Bonchev–Trinajstić information content (AvgIpc) is 2.78. The van der Waals surface area contributed by atoms with Crippen LogP contribution in [-0.4, -0.2) is 51.0 Å². The minimum atomic E-state index is -1.51. The first-order valence-corrected chi connectivity index (χ1v) is 9.79. The van der Waals surface area contributed by atoms with E-state index in [4.69, 9.17) is 21.6 Å². The molecule has 168 valence electrons. The Bertz CT molecular complexity index is 1170. The van der Waals surface area contributed by atoms with Gasteiger partial charge in [0.05, 0.1) is 29.8 Å². The molecular weight excluding hydrogens is 414 g/mol. The Hall–Kier alpha value is -3.96. The van der Waals surface area contributed by atoms with Gasteiger partial charge in [-0.1, -0.05) is 11.6 Å². The maximum atomic E-state index is 12.9. The number of rotatable bonds is 6. The lowest BCUT2D eigenvalue weighted by molar-refractivity contribution is -0.157. The van der Waals surface area contributed by atoms with Crippen LogP contribution in [0.1, 0.15) is 17.5 Å². The second kappa shape index (κ2) is 9.90. The van der Waals surface area contributed by atoms with Gasteiger partial charge < -0.3 is 31.6 Å². The number of aromatic amines is 1. The van der Waals surface area contributed by atoms with E-state index in [1.807, 2.05) is 6.92 Å². The summed E-state index contributed by atoms with van der Waals surface area (Å²) in [5, 5.41) is 22.1. The van der Waals surface area contributed by atoms with Crippen LogP contribution in [0.25, 0.3) is 10.9 Å². The number of aliphatic hydroxyl groups excluding tert-OH is 1. The van der Waals surface area contributed by atoms with Gasteiger partial charge in [-0.25, -0.2) is 4.98 Å². The largest absolute Gasteiger partial charge is 0.405 e. The lowest BCUT2D eigenvalue weighted by atomic mass is 10.1. The first-order chi connectivity index (χ1) is 15.3. The number of fused-ring (bicyclic) bond motifs is 1. The molecule has 1 aliphatic rings. The molecule has 1 fully saturated rings. The first kappa shape index (κ1) is 22.7. The van der Waals surface area contributed by atoms with Crippen LogP contribution >= 0.6 is 0 Å². The van der Waals surface area contributed by atoms with Crippen molar-refractivity contribution in [3.05, 3.63) is 76.4 Å². The van der Waals surface area contributed by atoms with Gasteiger partial charge in [0.25, 0.3) is 11.5 Å². The van der Waals surface area contributed by atoms with Crippen LogP contribution in [0.5, 0.6) is 0 Å². The number of nitrogens with two attached hydrogens (primary N) is 2. The van der Waals surface area contributed by atoms with Gasteiger partial charge in [-0.2, -0.15) is 0 Å². The van der Waals surface area contributed by atoms with Crippen molar-refractivity contribution in [2.45, 2.75) is 19.1 Å². The van der Waals surface area contributed by atoms with Crippen molar-refractivity contribution in [3.8, 4) is 0 Å². The molecule has 8 N–H and O–H groups in total. The number of aliphatic hydroxyl groups is 1. The lowest BCUT2D eigenvalue weighted by Gasteiger charge is -2.33. The molecule has 2 aromatic rings. The molecular formula is C21H25N7O4. The van der Waals surface area contributed by atoms with Crippen LogP contribution in [0, 0.1) is 12.3 Å². The fourth-order valence-corrected chi connectivity index (χ4v) is 3.19. The monoisotopic (exact) mass is 439 g/mol. The van der Waals surface area contributed by atoms with Crippen molar-refractivity contribution in [1.82, 2.24) is 20.2 Å². The summed E-state index contributed by atoms with van der Waals surface area (Å²) in [7, 11) is 0. The van der Waals surface area contributed by atoms with E-state index in [-0.39, 0.29) is 24.8 Å². The molecule has 1 aromatic carbocycles. The molecule has 1 aliphatic heterocycles. The van der Waals surface area contributed by atoms with Gasteiger partial charge in [0.2, 0.25) is 0 Å². The van der Waals surface area contributed by atoms with Gasteiger partial charge in [-0.05, 0) is 37.4 Å². The van der Waals surface area contributed by atoms with Crippen molar-refractivity contribution in [3.63, 3.8) is 0 Å². The van der Waals surface area contributed by atoms with Crippen molar-refractivity contribution in [2.75, 3.05) is 13.2 Å². The Balaban J connectivity index is 1.77. The standard InChI is InChI=1S/C21H25N7O4/c1-12-2-3-15-14(10-12)20(30)27-19(26-15)17(29)18-21(31)28(8-9-32-18)16(24)5-7-25-13(11-23)4-6-22/h2-7,10-11,17-18,24-25,29H,8-9,22-23H2,1H3,(H,26,27,30)/b6-4-,7-5-,13-11?,24-16?. The molecule has 2 atom stereocenters. The van der Waals surface area contributed by atoms with Crippen LogP contribution in [0.3, 0.4) is 0 Å². The van der Waals surface area contributed by atoms with Gasteiger partial charge in [0.15, 0.2) is 6.10 Å². The molecule has 1 amide bonds. The van der Waals surface area contributed by atoms with E-state index >= 15 is 0 Å². The SMILES string of the molecule is Cc1ccc2nc(C(O)C3OCCN(C(=N)/C=C\NC(=CN)/C=C\N)C3=O)[nH]c(=O)c2c1. The number of benzene rings is 1. The number of amides is 1. The number of amidine groups is 1. The Morgan fingerprint density at radius 1 is 1.41 bits per heavy atom. The number of nitrogens with zero attached hydrogens (tertiary/aromatic N) is 2. The number of morpholine rings is 1. The van der Waals surface area contributed by atoms with E-state index in [2.05, 4.69) is 15.3 Å². The lowest BCUT2D eigenvalue weighted by Crippen LogP contribution is -2.52. The maximum Gasteiger partial charge on any atom is 0.260 e. The quantitative estimate of drug-likeness (QED) is 0.204. The Morgan fingerprint density at radius 2 is 2.19 bits per heavy atom. The summed E-state index contributed by atoms with van der Waals surface area (Å²) >= 11 is 0. The molecule has 11 nitrogen and oxygen atoms in total. The molecule has 32 heavy (non-hydrogen) atoms. The van der Waals surface area contributed by atoms with Crippen LogP contribution in [0.2, 0.25) is 0 Å². The van der Waals surface area contributed by atoms with E-state index in [9.17, 15) is 14.7 Å². The molecule has 11 heteroatoms. The summed E-state index contributed by atoms with van der Waals surface area (Å²) in [5.74, 6) is -0.824. The van der Waals surface area contributed by atoms with E-state index < -0.39 is 23.7 Å². The first-order valence-electron chi connectivity index (χ1n) is 9.79. The fourth-order valence-electron chi connectivity index (χ4n) is 3.19. The summed E-state index contributed by atoms with van der Waals surface area (Å²) in [6, 6.07) is 5.16. The zero-order chi connectivity index (χ0) is 23.3. The van der Waals surface area contributed by atoms with Crippen molar-refractivity contribution < 1.29 is 14.6 Å². The molecule has 0 bridgehead atoms. The van der Waals surface area contributed by atoms with E-state index in [1.54, 1.807) is 18.2 Å². The van der Waals surface area contributed by atoms with Crippen molar-refractivity contribution in [1.29, 1.82) is 5.41 Å². The second-order valence-electron chi connectivity index (χ2n) is 7.04. The second-order valence-corrected chi connectivity index (χ2v) is 7.04. The Labute approximate surface area is 183 Å². The minimum Gasteiger partial charge on any atom is -0.405 e. The highest BCUT2D eigenvalue weighted by atomic mass is 16.5. The Morgan fingerprint density at radius 3 is 2.91 bits per heavy atom. The number of carbonyl (C=O) groups is 1. The summed E-state index contributed by atoms with van der Waals surface area (Å²) in [4.78, 5) is 33.3. The van der Waals surface area contributed by atoms with E-state index in [0.29, 0.717) is 16.6 Å². The smallest absolute Gasteiger partial charge is 0.260 e. The van der Waals surface area contributed by atoms with Crippen molar-refractivity contribution >= 4 is 22.6 Å². The molecule has 2 unspecified atom stereocenters. The molecule has 0 radical (unpaired) electrons. The zero-order valence-corrected chi connectivity index (χ0v) is 17.4. The van der Waals surface area contributed by atoms with E-state index in [1.165, 1.54) is 35.7 Å². The highest BCUT2D eigenvalue weighted by Crippen LogP contribution is 2.22. The van der Waals surface area contributed by atoms with Gasteiger partial charge in [-0.3, -0.25) is 19.9 Å². The number of H-pyrrole nitrogens is 1. The summed E-state index contributed by atoms with van der Waals surface area (Å²) in [6.45, 7) is 2.08. The minimum absolute atomic E-state index is 0.0819. The zero-order valence-electron chi connectivity index (χ0n) is 17.4. The summed E-state index contributed by atoms with van der Waals surface area (Å²) < 4.78 is 5.46. The number of nitrogens with one attached hydrogen (secondary N) is 3. The number of allylic oxidation sites excluding steroid dienone is 1. The predicted molar refractivity (Wildman–Crippen MR) is 119 cm³/mol. The third kappa shape index (κ3) is 4.85. The molecule has 2 heterocycles. The van der Waals surface area contributed by atoms with Crippen LogP contribution in [0.15, 0.2) is 59.4 Å². The molecule has 0 spiro atoms. The fraction of sp³-hybridized carbons (Fsp3) is 0.238. The van der Waals surface area contributed by atoms with Crippen molar-refractivity contribution in [2.24, 2.45) is 11.5 Å². The average molecular weight is 439 g/mol. The van der Waals surface area contributed by atoms with Gasteiger partial charge >= 0.3 is 0 Å². The van der Waals surface area contributed by atoms with Crippen LogP contribution in [-0.2, 0) is 9.53 Å². The molecule has 0 aliphatic carbocycles. The highest BCUT2D eigenvalue weighted by Gasteiger charge is 2.38. The number of aromatic nitrogens is 2. The highest BCUT2D eigenvalue weighted by molar-refractivity contribution is 6.04. The number of hydrogen-bond acceptors (Lipinski definition) is 9. The van der Waals surface area contributed by atoms with E-state index in [0.717, 1.165) is 5.56 Å². The molecule has 3 rings (SSSR count). The molecule has 1 aromatic heterocycles. The van der Waals surface area contributed by atoms with Gasteiger partial charge in [-0.15, -0.1) is 0 Å². The third-order valence-electron chi connectivity index (χ3n) is 4.81. The van der Waals surface area contributed by atoms with Crippen LogP contribution < -0.4 is 22.3 Å². The third-order valence-corrected chi connectivity index (χ3v) is 4.81. The number of ether oxygens (including phenoxy) is 1.